The molecule has 0 aliphatic carbocycles. The van der Waals surface area contributed by atoms with Gasteiger partial charge in [0.25, 0.3) is 5.56 Å². The van der Waals surface area contributed by atoms with Crippen LogP contribution in [-0.2, 0) is 6.54 Å². The molecule has 0 saturated heterocycles. The molecule has 0 atom stereocenters. The van der Waals surface area contributed by atoms with Crippen molar-refractivity contribution in [2.24, 2.45) is 0 Å². The van der Waals surface area contributed by atoms with Crippen LogP contribution >= 0.6 is 11.6 Å². The van der Waals surface area contributed by atoms with Crippen molar-refractivity contribution in [3.05, 3.63) is 87.4 Å². The average Bonchev–Trinajstić information content (AvgIpc) is 2.53. The predicted octanol–water partition coefficient (Wildman–Crippen LogP) is 3.92. The third-order valence-corrected chi connectivity index (χ3v) is 3.77. The molecular weight excluding hydrogens is 296 g/mol. The maximum atomic E-state index is 12.4. The van der Waals surface area contributed by atoms with Crippen LogP contribution in [0.1, 0.15) is 11.4 Å². The van der Waals surface area contributed by atoms with Crippen LogP contribution in [0.4, 0.5) is 0 Å². The first-order chi connectivity index (χ1) is 10.6. The smallest absolute Gasteiger partial charge is 0.254 e. The summed E-state index contributed by atoms with van der Waals surface area (Å²) in [6.07, 6.45) is 0. The molecule has 0 spiro atoms. The van der Waals surface area contributed by atoms with Gasteiger partial charge in [0.2, 0.25) is 0 Å². The third-order valence-electron chi connectivity index (χ3n) is 3.52. The molecule has 3 nitrogen and oxygen atoms in total. The second kappa shape index (κ2) is 6.16. The number of halogens is 1. The summed E-state index contributed by atoms with van der Waals surface area (Å²) in [5.74, 6) is 0.696. The molecule has 0 radical (unpaired) electrons. The summed E-state index contributed by atoms with van der Waals surface area (Å²) in [5.41, 5.74) is 2.61. The summed E-state index contributed by atoms with van der Waals surface area (Å²) >= 11 is 5.88. The lowest BCUT2D eigenvalue weighted by Gasteiger charge is -2.11. The van der Waals surface area contributed by atoms with Crippen LogP contribution in [0.25, 0.3) is 11.3 Å². The molecule has 0 aliphatic heterocycles. The van der Waals surface area contributed by atoms with E-state index in [1.807, 2.05) is 61.5 Å². The number of hydrogen-bond donors (Lipinski definition) is 0. The van der Waals surface area contributed by atoms with Crippen LogP contribution in [0.2, 0.25) is 5.02 Å². The van der Waals surface area contributed by atoms with Gasteiger partial charge in [-0.3, -0.25) is 9.36 Å². The molecule has 1 aromatic heterocycles. The van der Waals surface area contributed by atoms with Crippen LogP contribution in [-0.4, -0.2) is 9.55 Å². The third kappa shape index (κ3) is 3.10. The topological polar surface area (TPSA) is 34.9 Å². The van der Waals surface area contributed by atoms with Gasteiger partial charge in [0.1, 0.15) is 5.82 Å². The Morgan fingerprint density at radius 1 is 1.05 bits per heavy atom. The van der Waals surface area contributed by atoms with E-state index in [0.29, 0.717) is 23.1 Å². The summed E-state index contributed by atoms with van der Waals surface area (Å²) in [5, 5.41) is 0.686. The molecule has 3 aromatic rings. The van der Waals surface area contributed by atoms with Gasteiger partial charge >= 0.3 is 0 Å². The minimum Gasteiger partial charge on any atom is -0.292 e. The number of nitrogens with zero attached hydrogens (tertiary/aromatic N) is 2. The SMILES string of the molecule is Cc1nc(-c2ccccc2)cc(=O)n1Cc1ccc(Cl)cc1. The second-order valence-corrected chi connectivity index (χ2v) is 5.54. The molecule has 3 rings (SSSR count). The summed E-state index contributed by atoms with van der Waals surface area (Å²) in [6, 6.07) is 18.8. The number of hydrogen-bond acceptors (Lipinski definition) is 2. The lowest BCUT2D eigenvalue weighted by Crippen LogP contribution is -2.23. The highest BCUT2D eigenvalue weighted by molar-refractivity contribution is 6.30. The molecule has 2 aromatic carbocycles. The zero-order chi connectivity index (χ0) is 15.5. The van der Waals surface area contributed by atoms with Crippen LogP contribution < -0.4 is 5.56 Å². The standard InChI is InChI=1S/C18H15ClN2O/c1-13-20-17(15-5-3-2-4-6-15)11-18(22)21(13)12-14-7-9-16(19)10-8-14/h2-11H,12H2,1H3. The minimum absolute atomic E-state index is 0.0543. The number of aryl methyl sites for hydroxylation is 1. The zero-order valence-corrected chi connectivity index (χ0v) is 12.9. The molecule has 1 heterocycles. The normalized spacial score (nSPS) is 10.6. The van der Waals surface area contributed by atoms with Gasteiger partial charge < -0.3 is 0 Å². The van der Waals surface area contributed by atoms with E-state index in [4.69, 9.17) is 11.6 Å². The molecule has 0 unspecified atom stereocenters. The van der Waals surface area contributed by atoms with Crippen molar-refractivity contribution in [2.45, 2.75) is 13.5 Å². The summed E-state index contributed by atoms with van der Waals surface area (Å²) in [7, 11) is 0. The molecule has 0 aliphatic rings. The number of benzene rings is 2. The molecule has 0 fully saturated rings. The Bertz CT molecular complexity index is 839. The van der Waals surface area contributed by atoms with Gasteiger partial charge in [-0.1, -0.05) is 54.1 Å². The Kier molecular flexibility index (Phi) is 4.07. The van der Waals surface area contributed by atoms with E-state index < -0.39 is 0 Å². The fraction of sp³-hybridized carbons (Fsp3) is 0.111. The second-order valence-electron chi connectivity index (χ2n) is 5.11. The first-order valence-electron chi connectivity index (χ1n) is 7.02. The van der Waals surface area contributed by atoms with Gasteiger partial charge in [0.05, 0.1) is 12.2 Å². The van der Waals surface area contributed by atoms with Crippen LogP contribution in [0.3, 0.4) is 0 Å². The van der Waals surface area contributed by atoms with E-state index in [2.05, 4.69) is 4.98 Å². The molecule has 22 heavy (non-hydrogen) atoms. The van der Waals surface area contributed by atoms with Gasteiger partial charge in [-0.2, -0.15) is 0 Å². The highest BCUT2D eigenvalue weighted by Gasteiger charge is 2.07. The van der Waals surface area contributed by atoms with E-state index in [0.717, 1.165) is 11.1 Å². The molecule has 0 bridgehead atoms. The van der Waals surface area contributed by atoms with Crippen molar-refractivity contribution < 1.29 is 0 Å². The van der Waals surface area contributed by atoms with Crippen molar-refractivity contribution in [1.29, 1.82) is 0 Å². The molecular formula is C18H15ClN2O. The quantitative estimate of drug-likeness (QED) is 0.735. The van der Waals surface area contributed by atoms with E-state index in [1.54, 1.807) is 10.6 Å². The predicted molar refractivity (Wildman–Crippen MR) is 89.2 cm³/mol. The van der Waals surface area contributed by atoms with Gasteiger partial charge in [-0.05, 0) is 24.6 Å². The lowest BCUT2D eigenvalue weighted by molar-refractivity contribution is 0.702. The minimum atomic E-state index is -0.0543. The maximum Gasteiger partial charge on any atom is 0.254 e. The number of aromatic nitrogens is 2. The van der Waals surface area contributed by atoms with E-state index in [9.17, 15) is 4.79 Å². The maximum absolute atomic E-state index is 12.4. The summed E-state index contributed by atoms with van der Waals surface area (Å²) in [4.78, 5) is 17.0. The Morgan fingerprint density at radius 2 is 1.73 bits per heavy atom. The lowest BCUT2D eigenvalue weighted by atomic mass is 10.1. The first-order valence-corrected chi connectivity index (χ1v) is 7.39. The number of rotatable bonds is 3. The Hall–Kier alpha value is -2.39. The van der Waals surface area contributed by atoms with Gasteiger partial charge in [0, 0.05) is 16.7 Å². The Balaban J connectivity index is 1.97. The van der Waals surface area contributed by atoms with Crippen molar-refractivity contribution >= 4 is 11.6 Å². The van der Waals surface area contributed by atoms with Crippen LogP contribution in [0.15, 0.2) is 65.5 Å². The highest BCUT2D eigenvalue weighted by Crippen LogP contribution is 2.15. The zero-order valence-electron chi connectivity index (χ0n) is 12.2. The highest BCUT2D eigenvalue weighted by atomic mass is 35.5. The fourth-order valence-corrected chi connectivity index (χ4v) is 2.47. The van der Waals surface area contributed by atoms with Crippen LogP contribution in [0, 0.1) is 6.92 Å². The molecule has 4 heteroatoms. The fourth-order valence-electron chi connectivity index (χ4n) is 2.34. The summed E-state index contributed by atoms with van der Waals surface area (Å²) < 4.78 is 1.66. The molecule has 0 saturated carbocycles. The monoisotopic (exact) mass is 310 g/mol. The van der Waals surface area contributed by atoms with E-state index >= 15 is 0 Å². The molecule has 110 valence electrons. The Morgan fingerprint density at radius 3 is 2.36 bits per heavy atom. The van der Waals surface area contributed by atoms with Crippen LogP contribution in [0.5, 0.6) is 0 Å². The Labute approximate surface area is 133 Å². The van der Waals surface area contributed by atoms with Gasteiger partial charge in [0.15, 0.2) is 0 Å². The average molecular weight is 311 g/mol. The van der Waals surface area contributed by atoms with E-state index in [-0.39, 0.29) is 5.56 Å². The molecule has 0 N–H and O–H groups in total. The van der Waals surface area contributed by atoms with Crippen molar-refractivity contribution in [3.63, 3.8) is 0 Å². The first kappa shape index (κ1) is 14.5. The van der Waals surface area contributed by atoms with E-state index in [1.165, 1.54) is 0 Å². The van der Waals surface area contributed by atoms with Crippen molar-refractivity contribution in [3.8, 4) is 11.3 Å². The van der Waals surface area contributed by atoms with Crippen molar-refractivity contribution in [1.82, 2.24) is 9.55 Å². The van der Waals surface area contributed by atoms with Crippen molar-refractivity contribution in [2.75, 3.05) is 0 Å². The molecule has 0 amide bonds. The largest absolute Gasteiger partial charge is 0.292 e. The summed E-state index contributed by atoms with van der Waals surface area (Å²) in [6.45, 7) is 2.34. The van der Waals surface area contributed by atoms with Gasteiger partial charge in [-0.25, -0.2) is 4.98 Å². The van der Waals surface area contributed by atoms with Gasteiger partial charge in [-0.15, -0.1) is 0 Å².